The minimum absolute atomic E-state index is 0.0763. The quantitative estimate of drug-likeness (QED) is 0.704. The van der Waals surface area contributed by atoms with Crippen LogP contribution in [0.25, 0.3) is 0 Å². The number of sulfonamides is 1. The van der Waals surface area contributed by atoms with E-state index in [1.807, 2.05) is 13.8 Å². The van der Waals surface area contributed by atoms with Crippen molar-refractivity contribution in [3.8, 4) is 0 Å². The highest BCUT2D eigenvalue weighted by Gasteiger charge is 2.31. The Hall–Kier alpha value is -0.130. The van der Waals surface area contributed by atoms with Crippen LogP contribution in [-0.4, -0.2) is 44.7 Å². The minimum atomic E-state index is -3.07. The number of nitrogens with zero attached hydrogens (tertiary/aromatic N) is 1. The van der Waals surface area contributed by atoms with Gasteiger partial charge in [-0.3, -0.25) is 0 Å². The molecule has 0 amide bonds. The van der Waals surface area contributed by atoms with Crippen molar-refractivity contribution in [2.24, 2.45) is 5.92 Å². The van der Waals surface area contributed by atoms with Crippen LogP contribution in [0.1, 0.15) is 26.7 Å². The van der Waals surface area contributed by atoms with Gasteiger partial charge in [0.15, 0.2) is 0 Å². The Kier molecular flexibility index (Phi) is 4.55. The van der Waals surface area contributed by atoms with Gasteiger partial charge in [0.2, 0.25) is 10.0 Å². The van der Waals surface area contributed by atoms with Crippen molar-refractivity contribution in [3.05, 3.63) is 0 Å². The lowest BCUT2D eigenvalue weighted by Crippen LogP contribution is -2.41. The summed E-state index contributed by atoms with van der Waals surface area (Å²) in [7, 11) is -1.29. The molecule has 0 saturated heterocycles. The molecule has 0 bridgehead atoms. The van der Waals surface area contributed by atoms with Gasteiger partial charge in [0.1, 0.15) is 0 Å². The van der Waals surface area contributed by atoms with Crippen molar-refractivity contribution in [3.63, 3.8) is 0 Å². The maximum Gasteiger partial charge on any atom is 0.215 e. The zero-order valence-corrected chi connectivity index (χ0v) is 10.7. The SMILES string of the molecule is CNCCS(=O)(=O)N(CC1CC1)C(C)C. The van der Waals surface area contributed by atoms with Gasteiger partial charge in [-0.25, -0.2) is 8.42 Å². The molecule has 0 aromatic carbocycles. The van der Waals surface area contributed by atoms with Crippen LogP contribution in [0.4, 0.5) is 0 Å². The molecule has 4 nitrogen and oxygen atoms in total. The first-order valence-electron chi connectivity index (χ1n) is 5.61. The van der Waals surface area contributed by atoms with Crippen molar-refractivity contribution in [1.82, 2.24) is 9.62 Å². The summed E-state index contributed by atoms with van der Waals surface area (Å²) in [6.45, 7) is 5.12. The van der Waals surface area contributed by atoms with Gasteiger partial charge in [-0.05, 0) is 39.7 Å². The Bertz CT molecular complexity index is 284. The van der Waals surface area contributed by atoms with Crippen LogP contribution in [-0.2, 0) is 10.0 Å². The molecule has 1 saturated carbocycles. The van der Waals surface area contributed by atoms with Gasteiger partial charge in [0.05, 0.1) is 5.75 Å². The van der Waals surface area contributed by atoms with Gasteiger partial charge in [0.25, 0.3) is 0 Å². The molecular weight excluding hydrogens is 212 g/mol. The molecule has 0 radical (unpaired) electrons. The molecule has 1 fully saturated rings. The Balaban J connectivity index is 2.59. The average Bonchev–Trinajstić information content (AvgIpc) is 2.93. The predicted molar refractivity (Wildman–Crippen MR) is 62.3 cm³/mol. The molecule has 90 valence electrons. The predicted octanol–water partition coefficient (Wildman–Crippen LogP) is 0.656. The second-order valence-corrected chi connectivity index (χ2v) is 6.57. The molecule has 1 N–H and O–H groups in total. The summed E-state index contributed by atoms with van der Waals surface area (Å²) < 4.78 is 25.6. The molecule has 15 heavy (non-hydrogen) atoms. The molecule has 1 aliphatic rings. The number of rotatable bonds is 7. The first-order chi connectivity index (χ1) is 6.97. The molecule has 5 heteroatoms. The summed E-state index contributed by atoms with van der Waals surface area (Å²) in [5, 5.41) is 2.88. The normalized spacial score (nSPS) is 17.7. The van der Waals surface area contributed by atoms with Crippen molar-refractivity contribution in [1.29, 1.82) is 0 Å². The fourth-order valence-corrected chi connectivity index (χ4v) is 3.33. The highest BCUT2D eigenvalue weighted by atomic mass is 32.2. The molecule has 1 rings (SSSR count). The molecule has 0 aromatic rings. The first kappa shape index (κ1) is 12.9. The Morgan fingerprint density at radius 1 is 1.40 bits per heavy atom. The summed E-state index contributed by atoms with van der Waals surface area (Å²) in [6, 6.07) is 0.0763. The van der Waals surface area contributed by atoms with Crippen LogP contribution < -0.4 is 5.32 Å². The van der Waals surface area contributed by atoms with E-state index in [0.29, 0.717) is 19.0 Å². The summed E-state index contributed by atoms with van der Waals surface area (Å²) in [5.74, 6) is 0.811. The Morgan fingerprint density at radius 3 is 2.40 bits per heavy atom. The number of nitrogens with one attached hydrogen (secondary N) is 1. The third-order valence-electron chi connectivity index (χ3n) is 2.68. The largest absolute Gasteiger partial charge is 0.319 e. The molecule has 0 spiro atoms. The zero-order valence-electron chi connectivity index (χ0n) is 9.86. The van der Waals surface area contributed by atoms with E-state index in [1.165, 1.54) is 12.8 Å². The van der Waals surface area contributed by atoms with E-state index in [0.717, 1.165) is 0 Å². The molecule has 1 aliphatic carbocycles. The minimum Gasteiger partial charge on any atom is -0.319 e. The Morgan fingerprint density at radius 2 is 2.00 bits per heavy atom. The van der Waals surface area contributed by atoms with Gasteiger partial charge >= 0.3 is 0 Å². The molecule has 0 aliphatic heterocycles. The lowest BCUT2D eigenvalue weighted by molar-refractivity contribution is 0.341. The van der Waals surface area contributed by atoms with E-state index in [-0.39, 0.29) is 11.8 Å². The van der Waals surface area contributed by atoms with E-state index in [9.17, 15) is 8.42 Å². The third kappa shape index (κ3) is 4.09. The molecule has 0 heterocycles. The molecule has 0 aromatic heterocycles. The van der Waals surface area contributed by atoms with E-state index in [1.54, 1.807) is 11.4 Å². The van der Waals surface area contributed by atoms with Crippen LogP contribution in [0.3, 0.4) is 0 Å². The molecule has 0 atom stereocenters. The number of hydrogen-bond acceptors (Lipinski definition) is 3. The topological polar surface area (TPSA) is 49.4 Å². The Labute approximate surface area is 93.1 Å². The summed E-state index contributed by atoms with van der Waals surface area (Å²) in [4.78, 5) is 0. The highest BCUT2D eigenvalue weighted by molar-refractivity contribution is 7.89. The lowest BCUT2D eigenvalue weighted by Gasteiger charge is -2.25. The van der Waals surface area contributed by atoms with Crippen LogP contribution in [0.2, 0.25) is 0 Å². The average molecular weight is 234 g/mol. The summed E-state index contributed by atoms with van der Waals surface area (Å²) in [5.41, 5.74) is 0. The molecule has 0 unspecified atom stereocenters. The second kappa shape index (κ2) is 5.27. The number of hydrogen-bond donors (Lipinski definition) is 1. The molecular formula is C10H22N2O2S. The standard InChI is InChI=1S/C10H22N2O2S/c1-9(2)12(8-10-4-5-10)15(13,14)7-6-11-3/h9-11H,4-8H2,1-3H3. The first-order valence-corrected chi connectivity index (χ1v) is 7.22. The van der Waals surface area contributed by atoms with Gasteiger partial charge in [-0.1, -0.05) is 0 Å². The monoisotopic (exact) mass is 234 g/mol. The van der Waals surface area contributed by atoms with Gasteiger partial charge in [0, 0.05) is 19.1 Å². The smallest absolute Gasteiger partial charge is 0.215 e. The van der Waals surface area contributed by atoms with Crippen LogP contribution in [0.5, 0.6) is 0 Å². The summed E-state index contributed by atoms with van der Waals surface area (Å²) in [6.07, 6.45) is 2.37. The highest BCUT2D eigenvalue weighted by Crippen LogP contribution is 2.31. The van der Waals surface area contributed by atoms with Crippen molar-refractivity contribution >= 4 is 10.0 Å². The second-order valence-electron chi connectivity index (χ2n) is 4.53. The van der Waals surface area contributed by atoms with E-state index >= 15 is 0 Å². The van der Waals surface area contributed by atoms with Crippen LogP contribution >= 0.6 is 0 Å². The third-order valence-corrected chi connectivity index (χ3v) is 4.68. The van der Waals surface area contributed by atoms with Gasteiger partial charge < -0.3 is 5.32 Å². The summed E-state index contributed by atoms with van der Waals surface area (Å²) >= 11 is 0. The van der Waals surface area contributed by atoms with Crippen molar-refractivity contribution in [2.75, 3.05) is 25.9 Å². The maximum atomic E-state index is 12.0. The maximum absolute atomic E-state index is 12.0. The fraction of sp³-hybridized carbons (Fsp3) is 1.00. The lowest BCUT2D eigenvalue weighted by atomic mass is 10.3. The van der Waals surface area contributed by atoms with Gasteiger partial charge in [-0.2, -0.15) is 4.31 Å². The fourth-order valence-electron chi connectivity index (χ4n) is 1.55. The van der Waals surface area contributed by atoms with Gasteiger partial charge in [-0.15, -0.1) is 0 Å². The van der Waals surface area contributed by atoms with E-state index in [2.05, 4.69) is 5.32 Å². The van der Waals surface area contributed by atoms with E-state index < -0.39 is 10.0 Å². The zero-order chi connectivity index (χ0) is 11.5. The van der Waals surface area contributed by atoms with E-state index in [4.69, 9.17) is 0 Å². The van der Waals surface area contributed by atoms with Crippen LogP contribution in [0, 0.1) is 5.92 Å². The van der Waals surface area contributed by atoms with Crippen molar-refractivity contribution in [2.45, 2.75) is 32.7 Å². The van der Waals surface area contributed by atoms with Crippen molar-refractivity contribution < 1.29 is 8.42 Å². The van der Waals surface area contributed by atoms with Crippen LogP contribution in [0.15, 0.2) is 0 Å².